The molecule has 0 fully saturated rings. The molecular formula is C22H23NO5. The number of hydrogen-bond acceptors (Lipinski definition) is 5. The third-order valence-corrected chi connectivity index (χ3v) is 4.48. The molecular weight excluding hydrogens is 358 g/mol. The zero-order valence-corrected chi connectivity index (χ0v) is 16.1. The summed E-state index contributed by atoms with van der Waals surface area (Å²) in [6, 6.07) is 14.1. The Morgan fingerprint density at radius 1 is 1.18 bits per heavy atom. The molecule has 0 saturated carbocycles. The van der Waals surface area contributed by atoms with Gasteiger partial charge in [-0.25, -0.2) is 4.79 Å². The molecule has 146 valence electrons. The van der Waals surface area contributed by atoms with E-state index >= 15 is 0 Å². The first kappa shape index (κ1) is 19.6. The van der Waals surface area contributed by atoms with Crippen LogP contribution in [0.3, 0.4) is 0 Å². The van der Waals surface area contributed by atoms with E-state index in [0.717, 1.165) is 11.1 Å². The summed E-state index contributed by atoms with van der Waals surface area (Å²) in [6.45, 7) is 5.36. The lowest BCUT2D eigenvalue weighted by molar-refractivity contribution is -0.127. The molecule has 0 aliphatic rings. The van der Waals surface area contributed by atoms with Gasteiger partial charge in [0.2, 0.25) is 0 Å². The van der Waals surface area contributed by atoms with Gasteiger partial charge in [0.1, 0.15) is 11.3 Å². The van der Waals surface area contributed by atoms with Gasteiger partial charge < -0.3 is 19.6 Å². The van der Waals surface area contributed by atoms with E-state index in [4.69, 9.17) is 9.15 Å². The monoisotopic (exact) mass is 381 g/mol. The molecule has 6 heteroatoms. The van der Waals surface area contributed by atoms with E-state index in [-0.39, 0.29) is 12.5 Å². The van der Waals surface area contributed by atoms with Gasteiger partial charge in [-0.05, 0) is 49.6 Å². The molecule has 3 rings (SSSR count). The molecule has 2 atom stereocenters. The van der Waals surface area contributed by atoms with Crippen molar-refractivity contribution < 1.29 is 19.1 Å². The smallest absolute Gasteiger partial charge is 0.336 e. The van der Waals surface area contributed by atoms with E-state index in [0.29, 0.717) is 22.3 Å². The zero-order chi connectivity index (χ0) is 20.3. The van der Waals surface area contributed by atoms with Crippen molar-refractivity contribution in [3.05, 3.63) is 75.6 Å². The van der Waals surface area contributed by atoms with Gasteiger partial charge in [-0.1, -0.05) is 30.3 Å². The number of hydrogen-bond donors (Lipinski definition) is 2. The number of nitrogens with one attached hydrogen (secondary N) is 1. The topological polar surface area (TPSA) is 88.8 Å². The third kappa shape index (κ3) is 4.40. The van der Waals surface area contributed by atoms with Crippen molar-refractivity contribution in [1.29, 1.82) is 0 Å². The molecule has 3 aromatic rings. The average Bonchev–Trinajstić information content (AvgIpc) is 2.65. The molecule has 1 amide bonds. The fourth-order valence-corrected chi connectivity index (χ4v) is 3.05. The average molecular weight is 381 g/mol. The van der Waals surface area contributed by atoms with Gasteiger partial charge in [0.15, 0.2) is 6.10 Å². The van der Waals surface area contributed by atoms with Gasteiger partial charge in [0.25, 0.3) is 5.91 Å². The van der Waals surface area contributed by atoms with Gasteiger partial charge >= 0.3 is 5.63 Å². The van der Waals surface area contributed by atoms with Crippen LogP contribution in [0.15, 0.2) is 57.7 Å². The molecule has 2 N–H and O–H groups in total. The standard InChI is InChI=1S/C22H23NO5/c1-13-9-18(21-14(2)11-20(25)28-19(21)10-13)27-15(3)22(26)23-12-17(24)16-7-5-4-6-8-16/h4-11,15,17,24H,12H2,1-3H3,(H,23,26)/t15-,17+/m0/s1. The summed E-state index contributed by atoms with van der Waals surface area (Å²) in [6.07, 6.45) is -1.59. The molecule has 0 spiro atoms. The minimum atomic E-state index is -0.798. The first-order valence-electron chi connectivity index (χ1n) is 9.07. The minimum absolute atomic E-state index is 0.0824. The number of aliphatic hydroxyl groups excluding tert-OH is 1. The Balaban J connectivity index is 1.73. The van der Waals surface area contributed by atoms with Gasteiger partial charge in [-0.2, -0.15) is 0 Å². The minimum Gasteiger partial charge on any atom is -0.480 e. The molecule has 6 nitrogen and oxygen atoms in total. The number of carbonyl (C=O) groups excluding carboxylic acids is 1. The molecule has 0 radical (unpaired) electrons. The lowest BCUT2D eigenvalue weighted by atomic mass is 10.1. The predicted octanol–water partition coefficient (Wildman–Crippen LogP) is 3.03. The summed E-state index contributed by atoms with van der Waals surface area (Å²) in [5, 5.41) is 13.5. The van der Waals surface area contributed by atoms with Crippen LogP contribution < -0.4 is 15.7 Å². The molecule has 1 heterocycles. The van der Waals surface area contributed by atoms with E-state index in [2.05, 4.69) is 5.32 Å². The summed E-state index contributed by atoms with van der Waals surface area (Å²) in [5.74, 6) is 0.127. The first-order valence-corrected chi connectivity index (χ1v) is 9.07. The van der Waals surface area contributed by atoms with E-state index in [1.807, 2.05) is 25.1 Å². The highest BCUT2D eigenvalue weighted by Gasteiger charge is 2.19. The second kappa shape index (κ2) is 8.27. The normalized spacial score (nSPS) is 13.1. The van der Waals surface area contributed by atoms with Crippen LogP contribution in [0.5, 0.6) is 5.75 Å². The summed E-state index contributed by atoms with van der Waals surface area (Å²) < 4.78 is 11.1. The molecule has 2 aromatic carbocycles. The van der Waals surface area contributed by atoms with Gasteiger partial charge in [-0.3, -0.25) is 4.79 Å². The maximum atomic E-state index is 12.4. The van der Waals surface area contributed by atoms with Crippen molar-refractivity contribution in [2.45, 2.75) is 33.0 Å². The SMILES string of the molecule is Cc1cc(O[C@@H](C)C(=O)NC[C@@H](O)c2ccccc2)c2c(C)cc(=O)oc2c1. The van der Waals surface area contributed by atoms with Crippen LogP contribution in [0, 0.1) is 13.8 Å². The van der Waals surface area contributed by atoms with Crippen molar-refractivity contribution in [2.75, 3.05) is 6.54 Å². The van der Waals surface area contributed by atoms with Gasteiger partial charge in [0.05, 0.1) is 11.5 Å². The number of amides is 1. The number of benzene rings is 2. The Bertz CT molecular complexity index is 1040. The summed E-state index contributed by atoms with van der Waals surface area (Å²) in [7, 11) is 0. The highest BCUT2D eigenvalue weighted by Crippen LogP contribution is 2.30. The summed E-state index contributed by atoms with van der Waals surface area (Å²) >= 11 is 0. The number of aryl methyl sites for hydroxylation is 2. The Morgan fingerprint density at radius 2 is 1.89 bits per heavy atom. The molecule has 0 unspecified atom stereocenters. The van der Waals surface area contributed by atoms with E-state index in [9.17, 15) is 14.7 Å². The Morgan fingerprint density at radius 3 is 2.61 bits per heavy atom. The molecule has 0 aliphatic carbocycles. The Hall–Kier alpha value is -3.12. The summed E-state index contributed by atoms with van der Waals surface area (Å²) in [4.78, 5) is 24.1. The largest absolute Gasteiger partial charge is 0.480 e. The quantitative estimate of drug-likeness (QED) is 0.641. The third-order valence-electron chi connectivity index (χ3n) is 4.48. The number of fused-ring (bicyclic) bond motifs is 1. The van der Waals surface area contributed by atoms with Crippen molar-refractivity contribution in [3.8, 4) is 5.75 Å². The number of carbonyl (C=O) groups is 1. The fourth-order valence-electron chi connectivity index (χ4n) is 3.05. The van der Waals surface area contributed by atoms with Crippen molar-refractivity contribution in [1.82, 2.24) is 5.32 Å². The number of ether oxygens (including phenoxy) is 1. The van der Waals surface area contributed by atoms with Crippen LogP contribution in [0.2, 0.25) is 0 Å². The van der Waals surface area contributed by atoms with E-state index < -0.39 is 17.8 Å². The lowest BCUT2D eigenvalue weighted by Gasteiger charge is -2.18. The maximum absolute atomic E-state index is 12.4. The molecule has 1 aromatic heterocycles. The predicted molar refractivity (Wildman–Crippen MR) is 106 cm³/mol. The maximum Gasteiger partial charge on any atom is 0.336 e. The Kier molecular flexibility index (Phi) is 5.80. The first-order chi connectivity index (χ1) is 13.3. The van der Waals surface area contributed by atoms with Gasteiger partial charge in [-0.15, -0.1) is 0 Å². The highest BCUT2D eigenvalue weighted by atomic mass is 16.5. The zero-order valence-electron chi connectivity index (χ0n) is 16.1. The van der Waals surface area contributed by atoms with Crippen LogP contribution in [-0.2, 0) is 4.79 Å². The Labute approximate surface area is 162 Å². The highest BCUT2D eigenvalue weighted by molar-refractivity contribution is 5.88. The second-order valence-electron chi connectivity index (χ2n) is 6.82. The number of aliphatic hydroxyl groups is 1. The molecule has 28 heavy (non-hydrogen) atoms. The molecule has 0 aliphatic heterocycles. The van der Waals surface area contributed by atoms with Crippen LogP contribution in [-0.4, -0.2) is 23.7 Å². The van der Waals surface area contributed by atoms with Crippen molar-refractivity contribution in [2.24, 2.45) is 0 Å². The van der Waals surface area contributed by atoms with Crippen LogP contribution in [0.4, 0.5) is 0 Å². The van der Waals surface area contributed by atoms with E-state index in [1.54, 1.807) is 38.1 Å². The fraction of sp³-hybridized carbons (Fsp3) is 0.273. The van der Waals surface area contributed by atoms with Crippen LogP contribution >= 0.6 is 0 Å². The van der Waals surface area contributed by atoms with Crippen molar-refractivity contribution >= 4 is 16.9 Å². The second-order valence-corrected chi connectivity index (χ2v) is 6.82. The molecule has 0 saturated heterocycles. The summed E-state index contributed by atoms with van der Waals surface area (Å²) in [5.41, 5.74) is 2.29. The van der Waals surface area contributed by atoms with Crippen LogP contribution in [0.25, 0.3) is 11.0 Å². The van der Waals surface area contributed by atoms with Gasteiger partial charge in [0, 0.05) is 12.6 Å². The van der Waals surface area contributed by atoms with Crippen molar-refractivity contribution in [3.63, 3.8) is 0 Å². The molecule has 0 bridgehead atoms. The van der Waals surface area contributed by atoms with E-state index in [1.165, 1.54) is 6.07 Å². The number of rotatable bonds is 6. The van der Waals surface area contributed by atoms with Crippen LogP contribution in [0.1, 0.15) is 29.7 Å². The lowest BCUT2D eigenvalue weighted by Crippen LogP contribution is -2.38.